The van der Waals surface area contributed by atoms with E-state index in [1.54, 1.807) is 7.05 Å². The largest absolute Gasteiger partial charge is 0.343 e. The monoisotopic (exact) mass is 489 g/mol. The summed E-state index contributed by atoms with van der Waals surface area (Å²) in [6.07, 6.45) is 10.3. The van der Waals surface area contributed by atoms with E-state index in [0.717, 1.165) is 69.4 Å². The van der Waals surface area contributed by atoms with Gasteiger partial charge >= 0.3 is 0 Å². The van der Waals surface area contributed by atoms with E-state index in [1.165, 1.54) is 17.7 Å². The van der Waals surface area contributed by atoms with E-state index in [0.29, 0.717) is 0 Å². The van der Waals surface area contributed by atoms with Crippen LogP contribution in [0.3, 0.4) is 0 Å². The number of nitrogens with one attached hydrogen (secondary N) is 2. The molecule has 36 heavy (non-hydrogen) atoms. The average molecular weight is 490 g/mol. The Kier molecular flexibility index (Phi) is 7.56. The van der Waals surface area contributed by atoms with Crippen molar-refractivity contribution in [1.29, 1.82) is 0 Å². The molecule has 0 spiro atoms. The number of para-hydroxylation sites is 1. The third-order valence-electron chi connectivity index (χ3n) is 8.37. The molecule has 0 unspecified atom stereocenters. The lowest BCUT2D eigenvalue weighted by Gasteiger charge is -2.35. The van der Waals surface area contributed by atoms with Crippen LogP contribution in [0.4, 0.5) is 11.5 Å². The molecule has 2 fully saturated rings. The van der Waals surface area contributed by atoms with Gasteiger partial charge < -0.3 is 20.4 Å². The average Bonchev–Trinajstić information content (AvgIpc) is 3.59. The minimum atomic E-state index is -0.457. The summed E-state index contributed by atoms with van der Waals surface area (Å²) in [6.45, 7) is 3.49. The molecule has 1 aliphatic carbocycles. The molecule has 3 atom stereocenters. The zero-order valence-corrected chi connectivity index (χ0v) is 21.6. The third-order valence-corrected chi connectivity index (χ3v) is 8.37. The number of likely N-dealkylation sites (tertiary alicyclic amines) is 1. The first-order chi connectivity index (χ1) is 17.6. The number of aromatic nitrogens is 1. The number of anilines is 2. The van der Waals surface area contributed by atoms with Crippen LogP contribution in [0, 0.1) is 5.92 Å². The van der Waals surface area contributed by atoms with Crippen LogP contribution in [-0.4, -0.2) is 53.9 Å². The standard InChI is InChI=1S/C29H39N5O2/c1-20(30-2)28(35)32-27(22-10-4-3-5-11-22)29(36)34-17-8-13-25(34)23-14-16-31-26(19-23)33-18-15-21-9-6-7-12-24(21)33/h6-7,9,12,14,16,19-20,22,25,27,30H,3-5,8,10-11,13,15,17-18H2,1-2H3,(H,32,35)/t20-,25-,27-/m0/s1. The molecule has 192 valence electrons. The van der Waals surface area contributed by atoms with E-state index < -0.39 is 6.04 Å². The highest BCUT2D eigenvalue weighted by Gasteiger charge is 2.39. The van der Waals surface area contributed by atoms with Crippen LogP contribution >= 0.6 is 0 Å². The number of carbonyl (C=O) groups is 2. The van der Waals surface area contributed by atoms with Gasteiger partial charge in [0, 0.05) is 25.0 Å². The minimum absolute atomic E-state index is 0.0156. The van der Waals surface area contributed by atoms with Gasteiger partial charge in [-0.15, -0.1) is 0 Å². The summed E-state index contributed by atoms with van der Waals surface area (Å²) in [6, 6.07) is 12.0. The quantitative estimate of drug-likeness (QED) is 0.612. The fourth-order valence-corrected chi connectivity index (χ4v) is 6.18. The molecule has 0 radical (unpaired) electrons. The lowest BCUT2D eigenvalue weighted by Crippen LogP contribution is -2.55. The number of carbonyl (C=O) groups excluding carboxylic acids is 2. The highest BCUT2D eigenvalue weighted by molar-refractivity contribution is 5.90. The topological polar surface area (TPSA) is 77.6 Å². The maximum atomic E-state index is 14.0. The number of likely N-dealkylation sites (N-methyl/N-ethyl adjacent to an activating group) is 1. The number of rotatable bonds is 7. The van der Waals surface area contributed by atoms with Crippen molar-refractivity contribution in [2.45, 2.75) is 76.4 Å². The summed E-state index contributed by atoms with van der Waals surface area (Å²) in [7, 11) is 1.78. The predicted octanol–water partition coefficient (Wildman–Crippen LogP) is 4.11. The molecule has 2 aliphatic heterocycles. The van der Waals surface area contributed by atoms with Crippen LogP contribution in [0.5, 0.6) is 0 Å². The van der Waals surface area contributed by atoms with Crippen molar-refractivity contribution in [3.63, 3.8) is 0 Å². The Bertz CT molecular complexity index is 1080. The van der Waals surface area contributed by atoms with Crippen molar-refractivity contribution in [2.24, 2.45) is 5.92 Å². The lowest BCUT2D eigenvalue weighted by atomic mass is 9.83. The number of nitrogens with zero attached hydrogens (tertiary/aromatic N) is 3. The van der Waals surface area contributed by atoms with E-state index in [4.69, 9.17) is 4.98 Å². The molecule has 1 saturated heterocycles. The molecule has 3 aliphatic rings. The molecule has 7 heteroatoms. The molecule has 3 heterocycles. The second kappa shape index (κ2) is 11.0. The lowest BCUT2D eigenvalue weighted by molar-refractivity contribution is -0.139. The Morgan fingerprint density at radius 2 is 1.83 bits per heavy atom. The molecular formula is C29H39N5O2. The first-order valence-corrected chi connectivity index (χ1v) is 13.7. The van der Waals surface area contributed by atoms with Gasteiger partial charge in [0.2, 0.25) is 11.8 Å². The maximum Gasteiger partial charge on any atom is 0.245 e. The van der Waals surface area contributed by atoms with Crippen molar-refractivity contribution >= 4 is 23.3 Å². The number of hydrogen-bond acceptors (Lipinski definition) is 5. The SMILES string of the molecule is CN[C@@H](C)C(=O)N[C@H](C(=O)N1CCC[C@H]1c1ccnc(N2CCc3ccccc32)c1)C1CCCCC1. The molecule has 5 rings (SSSR count). The van der Waals surface area contributed by atoms with Crippen molar-refractivity contribution in [3.8, 4) is 0 Å². The van der Waals surface area contributed by atoms with E-state index in [9.17, 15) is 9.59 Å². The fourth-order valence-electron chi connectivity index (χ4n) is 6.18. The highest BCUT2D eigenvalue weighted by atomic mass is 16.2. The molecule has 2 N–H and O–H groups in total. The predicted molar refractivity (Wildman–Crippen MR) is 142 cm³/mol. The number of amides is 2. The molecule has 2 aromatic rings. The smallest absolute Gasteiger partial charge is 0.245 e. The Balaban J connectivity index is 1.38. The number of pyridine rings is 1. The Labute approximate surface area is 214 Å². The highest BCUT2D eigenvalue weighted by Crippen LogP contribution is 2.38. The number of hydrogen-bond donors (Lipinski definition) is 2. The summed E-state index contributed by atoms with van der Waals surface area (Å²) in [5.41, 5.74) is 3.71. The molecule has 1 saturated carbocycles. The first-order valence-electron chi connectivity index (χ1n) is 13.7. The number of fused-ring (bicyclic) bond motifs is 1. The van der Waals surface area contributed by atoms with E-state index in [-0.39, 0.29) is 29.8 Å². The Morgan fingerprint density at radius 3 is 2.64 bits per heavy atom. The van der Waals surface area contributed by atoms with Crippen molar-refractivity contribution < 1.29 is 9.59 Å². The fraction of sp³-hybridized carbons (Fsp3) is 0.552. The van der Waals surface area contributed by atoms with E-state index >= 15 is 0 Å². The van der Waals surface area contributed by atoms with Crippen molar-refractivity contribution in [1.82, 2.24) is 20.5 Å². The van der Waals surface area contributed by atoms with Gasteiger partial charge in [0.25, 0.3) is 0 Å². The summed E-state index contributed by atoms with van der Waals surface area (Å²) in [5, 5.41) is 6.15. The van der Waals surface area contributed by atoms with Crippen LogP contribution in [0.15, 0.2) is 42.6 Å². The van der Waals surface area contributed by atoms with Crippen LogP contribution in [0.1, 0.15) is 69.0 Å². The minimum Gasteiger partial charge on any atom is -0.343 e. The van der Waals surface area contributed by atoms with Gasteiger partial charge in [-0.25, -0.2) is 4.98 Å². The van der Waals surface area contributed by atoms with E-state index in [2.05, 4.69) is 51.9 Å². The molecule has 7 nitrogen and oxygen atoms in total. The Hall–Kier alpha value is -2.93. The zero-order chi connectivity index (χ0) is 25.1. The first kappa shape index (κ1) is 24.8. The van der Waals surface area contributed by atoms with Crippen LogP contribution < -0.4 is 15.5 Å². The summed E-state index contributed by atoms with van der Waals surface area (Å²) < 4.78 is 0. The second-order valence-electron chi connectivity index (χ2n) is 10.6. The van der Waals surface area contributed by atoms with Gasteiger partial charge in [-0.2, -0.15) is 0 Å². The van der Waals surface area contributed by atoms with Crippen LogP contribution in [0.2, 0.25) is 0 Å². The van der Waals surface area contributed by atoms with Crippen LogP contribution in [-0.2, 0) is 16.0 Å². The van der Waals surface area contributed by atoms with Gasteiger partial charge in [0.15, 0.2) is 0 Å². The maximum absolute atomic E-state index is 14.0. The van der Waals surface area contributed by atoms with Gasteiger partial charge in [0.05, 0.1) is 12.1 Å². The van der Waals surface area contributed by atoms with E-state index in [1.807, 2.05) is 18.0 Å². The van der Waals surface area contributed by atoms with Gasteiger partial charge in [0.1, 0.15) is 11.9 Å². The Morgan fingerprint density at radius 1 is 1.03 bits per heavy atom. The molecule has 2 amide bonds. The summed E-state index contributed by atoms with van der Waals surface area (Å²) in [5.74, 6) is 1.12. The van der Waals surface area contributed by atoms with Crippen molar-refractivity contribution in [2.75, 3.05) is 25.0 Å². The molecule has 1 aromatic heterocycles. The molecular weight excluding hydrogens is 450 g/mol. The second-order valence-corrected chi connectivity index (χ2v) is 10.6. The molecule has 1 aromatic carbocycles. The normalized spacial score (nSPS) is 21.8. The van der Waals surface area contributed by atoms with Gasteiger partial charge in [-0.05, 0) is 81.3 Å². The van der Waals surface area contributed by atoms with Gasteiger partial charge in [-0.1, -0.05) is 37.5 Å². The number of benzene rings is 1. The van der Waals surface area contributed by atoms with Crippen molar-refractivity contribution in [3.05, 3.63) is 53.7 Å². The molecule has 0 bridgehead atoms. The van der Waals surface area contributed by atoms with Crippen LogP contribution in [0.25, 0.3) is 0 Å². The zero-order valence-electron chi connectivity index (χ0n) is 21.6. The third kappa shape index (κ3) is 4.99. The van der Waals surface area contributed by atoms with Gasteiger partial charge in [-0.3, -0.25) is 9.59 Å². The summed E-state index contributed by atoms with van der Waals surface area (Å²) in [4.78, 5) is 35.9. The summed E-state index contributed by atoms with van der Waals surface area (Å²) >= 11 is 0.